The number of anilines is 1. The van der Waals surface area contributed by atoms with E-state index in [0.717, 1.165) is 0 Å². The third-order valence-corrected chi connectivity index (χ3v) is 2.05. The van der Waals surface area contributed by atoms with Crippen LogP contribution in [0.2, 0.25) is 0 Å². The van der Waals surface area contributed by atoms with Gasteiger partial charge in [0, 0.05) is 17.7 Å². The molecule has 0 atom stereocenters. The van der Waals surface area contributed by atoms with Gasteiger partial charge in [-0.25, -0.2) is 0 Å². The number of amidine groups is 1. The fourth-order valence-electron chi connectivity index (χ4n) is 1.16. The minimum Gasteiger partial charge on any atom is -0.399 e. The molecule has 5 nitrogen and oxygen atoms in total. The quantitative estimate of drug-likeness (QED) is 0.383. The second-order valence-corrected chi connectivity index (χ2v) is 3.41. The van der Waals surface area contributed by atoms with Crippen molar-refractivity contribution in [3.05, 3.63) is 29.8 Å². The van der Waals surface area contributed by atoms with E-state index in [1.54, 1.807) is 24.3 Å². The van der Waals surface area contributed by atoms with Crippen molar-refractivity contribution < 1.29 is 4.79 Å². The molecule has 0 aromatic heterocycles. The first kappa shape index (κ1) is 12.2. The molecule has 0 aliphatic rings. The third kappa shape index (κ3) is 3.70. The Hall–Kier alpha value is -1.88. The maximum Gasteiger partial charge on any atom is 0.247 e. The van der Waals surface area contributed by atoms with Crippen LogP contribution in [0.15, 0.2) is 29.3 Å². The van der Waals surface area contributed by atoms with Crippen LogP contribution in [-0.4, -0.2) is 18.3 Å². The molecule has 86 valence electrons. The molecule has 0 radical (unpaired) electrons. The fourth-order valence-corrected chi connectivity index (χ4v) is 1.16. The molecule has 1 aromatic carbocycles. The predicted octanol–water partition coefficient (Wildman–Crippen LogP) is 0.240. The van der Waals surface area contributed by atoms with Gasteiger partial charge >= 0.3 is 0 Å². The van der Waals surface area contributed by atoms with Crippen molar-refractivity contribution in [1.82, 2.24) is 0 Å². The Kier molecular flexibility index (Phi) is 4.47. The van der Waals surface area contributed by atoms with Crippen molar-refractivity contribution >= 4 is 17.4 Å². The highest BCUT2D eigenvalue weighted by molar-refractivity contribution is 6.04. The molecule has 0 aliphatic carbocycles. The molecule has 1 rings (SSSR count). The molecular formula is C11H16N4O. The summed E-state index contributed by atoms with van der Waals surface area (Å²) in [5, 5.41) is 0. The minimum absolute atomic E-state index is 0.210. The molecule has 0 spiro atoms. The van der Waals surface area contributed by atoms with Gasteiger partial charge in [-0.2, -0.15) is 4.99 Å². The van der Waals surface area contributed by atoms with E-state index in [0.29, 0.717) is 30.6 Å². The lowest BCUT2D eigenvalue weighted by atomic mass is 10.2. The lowest BCUT2D eigenvalue weighted by Crippen LogP contribution is -2.16. The smallest absolute Gasteiger partial charge is 0.247 e. The summed E-state index contributed by atoms with van der Waals surface area (Å²) in [5.74, 6) is -0.0400. The molecule has 6 N–H and O–H groups in total. The average molecular weight is 220 g/mol. The Bertz CT molecular complexity index is 383. The zero-order valence-electron chi connectivity index (χ0n) is 9.02. The van der Waals surface area contributed by atoms with Crippen LogP contribution >= 0.6 is 0 Å². The number of hydrogen-bond acceptors (Lipinski definition) is 3. The number of carbonyl (C=O) groups excluding carboxylic acids is 1. The van der Waals surface area contributed by atoms with Gasteiger partial charge < -0.3 is 17.2 Å². The normalized spacial score (nSPS) is 11.4. The first-order chi connectivity index (χ1) is 7.63. The Morgan fingerprint density at radius 1 is 1.25 bits per heavy atom. The molecule has 1 aromatic rings. The molecule has 0 bridgehead atoms. The van der Waals surface area contributed by atoms with Gasteiger partial charge in [0.25, 0.3) is 0 Å². The second-order valence-electron chi connectivity index (χ2n) is 3.41. The molecule has 0 heterocycles. The Labute approximate surface area is 94.3 Å². The summed E-state index contributed by atoms with van der Waals surface area (Å²) in [6.45, 7) is 0.475. The Morgan fingerprint density at radius 2 is 1.88 bits per heavy atom. The van der Waals surface area contributed by atoms with E-state index in [-0.39, 0.29) is 11.7 Å². The topological polar surface area (TPSA) is 107 Å². The predicted molar refractivity (Wildman–Crippen MR) is 64.9 cm³/mol. The molecule has 0 unspecified atom stereocenters. The zero-order chi connectivity index (χ0) is 12.0. The van der Waals surface area contributed by atoms with Crippen LogP contribution in [0.5, 0.6) is 0 Å². The van der Waals surface area contributed by atoms with Gasteiger partial charge in [0.1, 0.15) is 5.84 Å². The number of amides is 1. The van der Waals surface area contributed by atoms with Gasteiger partial charge in [-0.1, -0.05) is 0 Å². The largest absolute Gasteiger partial charge is 0.399 e. The summed E-state index contributed by atoms with van der Waals surface area (Å²) in [5.41, 5.74) is 17.8. The number of aliphatic imine (C=N–C) groups is 1. The van der Waals surface area contributed by atoms with Crippen LogP contribution < -0.4 is 17.2 Å². The second kappa shape index (κ2) is 5.87. The van der Waals surface area contributed by atoms with Crippen molar-refractivity contribution in [2.45, 2.75) is 12.8 Å². The summed E-state index contributed by atoms with van der Waals surface area (Å²) in [7, 11) is 0. The number of hydrogen-bond donors (Lipinski definition) is 3. The molecule has 1 amide bonds. The van der Waals surface area contributed by atoms with Gasteiger partial charge in [0.05, 0.1) is 0 Å². The van der Waals surface area contributed by atoms with E-state index in [2.05, 4.69) is 4.99 Å². The maximum atomic E-state index is 11.3. The number of nitrogens with zero attached hydrogens (tertiary/aromatic N) is 1. The molecule has 0 saturated carbocycles. The van der Waals surface area contributed by atoms with Gasteiger partial charge in [-0.15, -0.1) is 0 Å². The highest BCUT2D eigenvalue weighted by atomic mass is 16.1. The minimum atomic E-state index is -0.250. The number of benzene rings is 1. The van der Waals surface area contributed by atoms with E-state index in [9.17, 15) is 4.79 Å². The third-order valence-electron chi connectivity index (χ3n) is 2.05. The van der Waals surface area contributed by atoms with Crippen molar-refractivity contribution in [3.63, 3.8) is 0 Å². The summed E-state index contributed by atoms with van der Waals surface area (Å²) in [4.78, 5) is 15.1. The fraction of sp³-hybridized carbons (Fsp3) is 0.273. The summed E-state index contributed by atoms with van der Waals surface area (Å²) in [6, 6.07) is 6.87. The molecule has 0 aliphatic heterocycles. The molecular weight excluding hydrogens is 204 g/mol. The van der Waals surface area contributed by atoms with Crippen LogP contribution in [0, 0.1) is 0 Å². The van der Waals surface area contributed by atoms with E-state index in [1.807, 2.05) is 0 Å². The molecule has 0 saturated heterocycles. The highest BCUT2D eigenvalue weighted by Gasteiger charge is 2.02. The Morgan fingerprint density at radius 3 is 2.44 bits per heavy atom. The van der Waals surface area contributed by atoms with E-state index in [1.165, 1.54) is 0 Å². The van der Waals surface area contributed by atoms with E-state index >= 15 is 0 Å². The Balaban J connectivity index is 2.69. The summed E-state index contributed by atoms with van der Waals surface area (Å²) in [6.07, 6.45) is 0.948. The average Bonchev–Trinajstić information content (AvgIpc) is 2.27. The maximum absolute atomic E-state index is 11.3. The first-order valence-corrected chi connectivity index (χ1v) is 5.06. The summed E-state index contributed by atoms with van der Waals surface area (Å²) >= 11 is 0. The first-order valence-electron chi connectivity index (χ1n) is 5.06. The lowest BCUT2D eigenvalue weighted by molar-refractivity contribution is -0.117. The van der Waals surface area contributed by atoms with Gasteiger partial charge in [-0.05, 0) is 37.2 Å². The number of nitrogen functional groups attached to an aromatic ring is 1. The van der Waals surface area contributed by atoms with Gasteiger partial charge in [0.15, 0.2) is 0 Å². The number of carbonyl (C=O) groups is 1. The SMILES string of the molecule is NCCCC(=O)N=C(N)c1ccc(N)cc1. The lowest BCUT2D eigenvalue weighted by Gasteiger charge is -2.00. The molecule has 16 heavy (non-hydrogen) atoms. The van der Waals surface area contributed by atoms with Crippen LogP contribution in [0.25, 0.3) is 0 Å². The number of rotatable bonds is 4. The van der Waals surface area contributed by atoms with Crippen LogP contribution in [-0.2, 0) is 4.79 Å². The van der Waals surface area contributed by atoms with E-state index in [4.69, 9.17) is 17.2 Å². The monoisotopic (exact) mass is 220 g/mol. The molecule has 5 heteroatoms. The van der Waals surface area contributed by atoms with E-state index < -0.39 is 0 Å². The van der Waals surface area contributed by atoms with Crippen molar-refractivity contribution in [3.8, 4) is 0 Å². The van der Waals surface area contributed by atoms with Crippen LogP contribution in [0.1, 0.15) is 18.4 Å². The standard InChI is InChI=1S/C11H16N4O/c12-7-1-2-10(16)15-11(14)8-3-5-9(13)6-4-8/h3-6H,1-2,7,12-13H2,(H2,14,15,16). The van der Waals surface area contributed by atoms with Crippen LogP contribution in [0.3, 0.4) is 0 Å². The van der Waals surface area contributed by atoms with Gasteiger partial charge in [0.2, 0.25) is 5.91 Å². The van der Waals surface area contributed by atoms with Crippen molar-refractivity contribution in [2.75, 3.05) is 12.3 Å². The highest BCUT2D eigenvalue weighted by Crippen LogP contribution is 2.05. The zero-order valence-corrected chi connectivity index (χ0v) is 9.02. The van der Waals surface area contributed by atoms with Crippen molar-refractivity contribution in [2.24, 2.45) is 16.5 Å². The number of nitrogens with two attached hydrogens (primary N) is 3. The van der Waals surface area contributed by atoms with Crippen LogP contribution in [0.4, 0.5) is 5.69 Å². The van der Waals surface area contributed by atoms with Crippen molar-refractivity contribution in [1.29, 1.82) is 0 Å². The molecule has 0 fully saturated rings. The van der Waals surface area contributed by atoms with Gasteiger partial charge in [-0.3, -0.25) is 4.79 Å². The summed E-state index contributed by atoms with van der Waals surface area (Å²) < 4.78 is 0.